The van der Waals surface area contributed by atoms with E-state index in [9.17, 15) is 4.79 Å². The summed E-state index contributed by atoms with van der Waals surface area (Å²) in [7, 11) is 2.01. The van der Waals surface area contributed by atoms with Gasteiger partial charge >= 0.3 is 0 Å². The van der Waals surface area contributed by atoms with Gasteiger partial charge in [0.05, 0.1) is 9.99 Å². The molecule has 1 atom stereocenters. The lowest BCUT2D eigenvalue weighted by Crippen LogP contribution is -2.48. The third kappa shape index (κ3) is 5.28. The number of anilines is 1. The van der Waals surface area contributed by atoms with E-state index < -0.39 is 0 Å². The average molecular weight is 533 g/mol. The first-order chi connectivity index (χ1) is 17.0. The minimum atomic E-state index is 0.110. The van der Waals surface area contributed by atoms with Crippen LogP contribution in [-0.4, -0.2) is 43.6 Å². The van der Waals surface area contributed by atoms with Crippen LogP contribution in [0.5, 0.6) is 0 Å². The molecule has 1 fully saturated rings. The van der Waals surface area contributed by atoms with Crippen LogP contribution in [-0.2, 0) is 20.1 Å². The van der Waals surface area contributed by atoms with Crippen molar-refractivity contribution >= 4 is 32.8 Å². The Morgan fingerprint density at radius 3 is 2.71 bits per heavy atom. The van der Waals surface area contributed by atoms with Crippen LogP contribution in [0.4, 0.5) is 5.95 Å². The lowest BCUT2D eigenvalue weighted by Gasteiger charge is -2.39. The van der Waals surface area contributed by atoms with Gasteiger partial charge in [-0.2, -0.15) is 0 Å². The summed E-state index contributed by atoms with van der Waals surface area (Å²) in [4.78, 5) is 31.5. The molecule has 1 aromatic carbocycles. The average Bonchev–Trinajstić information content (AvgIpc) is 2.87. The Kier molecular flexibility index (Phi) is 6.92. The zero-order valence-corrected chi connectivity index (χ0v) is 21.6. The standard InChI is InChI=1S/C27H29BrN6O/c1-19-12-20(9-10-29-19)15-34(17-21-16-32(2)25-8-4-3-7-24(25)26(21)35)23-6-5-11-33(18-23)27-30-13-22(28)14-31-27/h3-4,7-10,12-14,16,23H,5-6,11,15,17-18H2,1-2H3. The maximum atomic E-state index is 13.4. The van der Waals surface area contributed by atoms with Gasteiger partial charge in [0.1, 0.15) is 0 Å². The number of para-hydroxylation sites is 1. The summed E-state index contributed by atoms with van der Waals surface area (Å²) in [5.41, 5.74) is 4.08. The van der Waals surface area contributed by atoms with Crippen LogP contribution in [0, 0.1) is 6.92 Å². The largest absolute Gasteiger partial charge is 0.350 e. The highest BCUT2D eigenvalue weighted by atomic mass is 79.9. The van der Waals surface area contributed by atoms with Crippen LogP contribution in [0.25, 0.3) is 10.9 Å². The highest BCUT2D eigenvalue weighted by Gasteiger charge is 2.28. The van der Waals surface area contributed by atoms with Gasteiger partial charge < -0.3 is 9.47 Å². The van der Waals surface area contributed by atoms with Crippen LogP contribution in [0.2, 0.25) is 0 Å². The van der Waals surface area contributed by atoms with E-state index in [1.165, 1.54) is 5.56 Å². The first-order valence-corrected chi connectivity index (χ1v) is 12.7. The summed E-state index contributed by atoms with van der Waals surface area (Å²) in [5, 5.41) is 0.765. The summed E-state index contributed by atoms with van der Waals surface area (Å²) in [6.07, 6.45) is 9.55. The van der Waals surface area contributed by atoms with Gasteiger partial charge in [0.2, 0.25) is 5.95 Å². The van der Waals surface area contributed by atoms with E-state index in [4.69, 9.17) is 0 Å². The van der Waals surface area contributed by atoms with E-state index in [-0.39, 0.29) is 11.5 Å². The maximum Gasteiger partial charge on any atom is 0.225 e. The normalized spacial score (nSPS) is 16.2. The number of nitrogens with zero attached hydrogens (tertiary/aromatic N) is 6. The molecule has 35 heavy (non-hydrogen) atoms. The Bertz CT molecular complexity index is 1390. The summed E-state index contributed by atoms with van der Waals surface area (Å²) < 4.78 is 2.93. The van der Waals surface area contributed by atoms with Gasteiger partial charge in [-0.3, -0.25) is 14.7 Å². The molecule has 1 saturated heterocycles. The molecule has 8 heteroatoms. The van der Waals surface area contributed by atoms with E-state index in [0.29, 0.717) is 6.54 Å². The molecule has 0 amide bonds. The molecule has 7 nitrogen and oxygen atoms in total. The minimum absolute atomic E-state index is 0.110. The highest BCUT2D eigenvalue weighted by Crippen LogP contribution is 2.24. The number of hydrogen-bond acceptors (Lipinski definition) is 6. The number of fused-ring (bicyclic) bond motifs is 1. The van der Waals surface area contributed by atoms with E-state index >= 15 is 0 Å². The van der Waals surface area contributed by atoms with Crippen molar-refractivity contribution in [1.82, 2.24) is 24.4 Å². The molecular weight excluding hydrogens is 504 g/mol. The topological polar surface area (TPSA) is 67.2 Å². The fourth-order valence-electron chi connectivity index (χ4n) is 4.99. The number of hydrogen-bond donors (Lipinski definition) is 0. The molecule has 0 saturated carbocycles. The Morgan fingerprint density at radius 1 is 1.11 bits per heavy atom. The molecule has 1 aliphatic heterocycles. The number of pyridine rings is 2. The molecule has 0 spiro atoms. The van der Waals surface area contributed by atoms with Crippen LogP contribution in [0.3, 0.4) is 0 Å². The fourth-order valence-corrected chi connectivity index (χ4v) is 5.20. The van der Waals surface area contributed by atoms with E-state index in [2.05, 4.69) is 57.4 Å². The van der Waals surface area contributed by atoms with Gasteiger partial charge in [-0.05, 0) is 65.5 Å². The van der Waals surface area contributed by atoms with Crippen LogP contribution in [0.1, 0.15) is 29.7 Å². The molecule has 4 aromatic rings. The van der Waals surface area contributed by atoms with E-state index in [1.54, 1.807) is 12.4 Å². The quantitative estimate of drug-likeness (QED) is 0.365. The van der Waals surface area contributed by atoms with Crippen LogP contribution >= 0.6 is 15.9 Å². The van der Waals surface area contributed by atoms with Crippen molar-refractivity contribution in [3.63, 3.8) is 0 Å². The molecule has 0 aliphatic carbocycles. The van der Waals surface area contributed by atoms with Gasteiger partial charge in [-0.25, -0.2) is 9.97 Å². The molecule has 0 bridgehead atoms. The van der Waals surface area contributed by atoms with E-state index in [1.807, 2.05) is 50.6 Å². The first kappa shape index (κ1) is 23.6. The second-order valence-electron chi connectivity index (χ2n) is 9.27. The second-order valence-corrected chi connectivity index (χ2v) is 10.2. The predicted molar refractivity (Wildman–Crippen MR) is 142 cm³/mol. The van der Waals surface area contributed by atoms with Crippen molar-refractivity contribution in [2.24, 2.45) is 7.05 Å². The van der Waals surface area contributed by atoms with Gasteiger partial charge in [0, 0.05) is 80.7 Å². The molecule has 180 valence electrons. The summed E-state index contributed by atoms with van der Waals surface area (Å²) in [6.45, 7) is 5.09. The fraction of sp³-hybridized carbons (Fsp3) is 0.333. The Balaban J connectivity index is 1.47. The highest BCUT2D eigenvalue weighted by molar-refractivity contribution is 9.10. The zero-order valence-electron chi connectivity index (χ0n) is 20.1. The number of aromatic nitrogens is 4. The third-order valence-corrected chi connectivity index (χ3v) is 7.10. The number of piperidine rings is 1. The van der Waals surface area contributed by atoms with Gasteiger partial charge in [-0.1, -0.05) is 12.1 Å². The van der Waals surface area contributed by atoms with Crippen molar-refractivity contribution in [2.45, 2.75) is 38.9 Å². The van der Waals surface area contributed by atoms with Gasteiger partial charge in [0.25, 0.3) is 0 Å². The SMILES string of the molecule is Cc1cc(CN(Cc2cn(C)c3ccccc3c2=O)C2CCCN(c3ncc(Br)cn3)C2)ccn1. The molecule has 5 rings (SSSR count). The van der Waals surface area contributed by atoms with Crippen molar-refractivity contribution in [3.8, 4) is 0 Å². The second kappa shape index (κ2) is 10.3. The predicted octanol–water partition coefficient (Wildman–Crippen LogP) is 4.47. The summed E-state index contributed by atoms with van der Waals surface area (Å²) in [6, 6.07) is 12.3. The van der Waals surface area contributed by atoms with Crippen LogP contribution in [0.15, 0.2) is 70.5 Å². The maximum absolute atomic E-state index is 13.4. The number of rotatable bonds is 6. The Hall–Kier alpha value is -3.10. The van der Waals surface area contributed by atoms with E-state index in [0.717, 1.165) is 65.1 Å². The molecular formula is C27H29BrN6O. The number of benzene rings is 1. The lowest BCUT2D eigenvalue weighted by molar-refractivity contribution is 0.157. The molecule has 4 heterocycles. The number of aryl methyl sites for hydroxylation is 2. The summed E-state index contributed by atoms with van der Waals surface area (Å²) >= 11 is 3.43. The number of halogens is 1. The van der Waals surface area contributed by atoms with Gasteiger partial charge in [-0.15, -0.1) is 0 Å². The monoisotopic (exact) mass is 532 g/mol. The molecule has 0 radical (unpaired) electrons. The van der Waals surface area contributed by atoms with Crippen molar-refractivity contribution in [2.75, 3.05) is 18.0 Å². The van der Waals surface area contributed by atoms with Gasteiger partial charge in [0.15, 0.2) is 5.43 Å². The molecule has 0 N–H and O–H groups in total. The zero-order chi connectivity index (χ0) is 24.4. The Labute approximate surface area is 213 Å². The minimum Gasteiger partial charge on any atom is -0.350 e. The third-order valence-electron chi connectivity index (χ3n) is 6.69. The van der Waals surface area contributed by atoms with Crippen molar-refractivity contribution in [1.29, 1.82) is 0 Å². The molecule has 3 aromatic heterocycles. The van der Waals surface area contributed by atoms with Crippen LogP contribution < -0.4 is 10.3 Å². The first-order valence-electron chi connectivity index (χ1n) is 11.9. The summed E-state index contributed by atoms with van der Waals surface area (Å²) in [5.74, 6) is 0.749. The molecule has 1 aliphatic rings. The smallest absolute Gasteiger partial charge is 0.225 e. The molecule has 1 unspecified atom stereocenters. The Morgan fingerprint density at radius 2 is 1.91 bits per heavy atom. The van der Waals surface area contributed by atoms with Crippen molar-refractivity contribution < 1.29 is 0 Å². The lowest BCUT2D eigenvalue weighted by atomic mass is 10.0. The van der Waals surface area contributed by atoms with Crippen molar-refractivity contribution in [3.05, 3.63) is 92.7 Å².